The highest BCUT2D eigenvalue weighted by Crippen LogP contribution is 2.34. The first-order chi connectivity index (χ1) is 12.2. The second-order valence-electron chi connectivity index (χ2n) is 6.50. The van der Waals surface area contributed by atoms with Crippen molar-refractivity contribution < 1.29 is 14.3 Å². The lowest BCUT2D eigenvalue weighted by Crippen LogP contribution is -2.20. The number of pyridine rings is 1. The highest BCUT2D eigenvalue weighted by Gasteiger charge is 2.35. The van der Waals surface area contributed by atoms with E-state index < -0.39 is 0 Å². The van der Waals surface area contributed by atoms with Gasteiger partial charge in [0.05, 0.1) is 0 Å². The van der Waals surface area contributed by atoms with Crippen molar-refractivity contribution in [2.75, 3.05) is 0 Å². The van der Waals surface area contributed by atoms with Gasteiger partial charge in [-0.25, -0.2) is 0 Å². The summed E-state index contributed by atoms with van der Waals surface area (Å²) in [4.78, 5) is 28.8. The lowest BCUT2D eigenvalue weighted by atomic mass is 9.89. The molecule has 1 aliphatic carbocycles. The van der Waals surface area contributed by atoms with Gasteiger partial charge >= 0.3 is 5.97 Å². The molecular weight excluding hydrogens is 314 g/mol. The van der Waals surface area contributed by atoms with Gasteiger partial charge in [0.25, 0.3) is 0 Å². The average molecular weight is 337 g/mol. The summed E-state index contributed by atoms with van der Waals surface area (Å²) in [5, 5.41) is 0.937. The molecule has 1 fully saturated rings. The van der Waals surface area contributed by atoms with E-state index >= 15 is 0 Å². The van der Waals surface area contributed by atoms with Crippen molar-refractivity contribution in [1.82, 2.24) is 4.98 Å². The number of hydrogen-bond acceptors (Lipinski definition) is 4. The van der Waals surface area contributed by atoms with E-state index in [2.05, 4.69) is 24.1 Å². The summed E-state index contributed by atoms with van der Waals surface area (Å²) >= 11 is 0. The Balaban J connectivity index is 1.67. The maximum absolute atomic E-state index is 12.4. The van der Waals surface area contributed by atoms with Crippen molar-refractivity contribution in [2.45, 2.75) is 39.0 Å². The van der Waals surface area contributed by atoms with Crippen LogP contribution in [0.15, 0.2) is 48.7 Å². The molecule has 0 saturated heterocycles. The molecule has 4 heteroatoms. The van der Waals surface area contributed by atoms with E-state index in [9.17, 15) is 9.59 Å². The maximum Gasteiger partial charge on any atom is 0.311 e. The SMILES string of the molecule is CCC=CCC1C(=O)CCC1CC(=O)Oc1cccc2cccnc12. The van der Waals surface area contributed by atoms with E-state index in [1.54, 1.807) is 12.3 Å². The number of allylic oxidation sites excluding steroid dienone is 2. The number of carbonyl (C=O) groups is 2. The number of aromatic nitrogens is 1. The van der Waals surface area contributed by atoms with Crippen LogP contribution in [0.4, 0.5) is 0 Å². The van der Waals surface area contributed by atoms with Crippen molar-refractivity contribution in [3.05, 3.63) is 48.7 Å². The molecule has 2 unspecified atom stereocenters. The quantitative estimate of drug-likeness (QED) is 0.443. The van der Waals surface area contributed by atoms with Gasteiger partial charge in [-0.3, -0.25) is 14.6 Å². The Bertz CT molecular complexity index is 791. The number of Topliss-reactive ketones (excluding diaryl/α,β-unsaturated/α-hetero) is 1. The predicted molar refractivity (Wildman–Crippen MR) is 97.3 cm³/mol. The van der Waals surface area contributed by atoms with E-state index in [0.717, 1.165) is 24.6 Å². The van der Waals surface area contributed by atoms with Gasteiger partial charge < -0.3 is 4.74 Å². The molecule has 0 aliphatic heterocycles. The van der Waals surface area contributed by atoms with E-state index in [4.69, 9.17) is 4.74 Å². The summed E-state index contributed by atoms with van der Waals surface area (Å²) in [5.74, 6) is 0.480. The fourth-order valence-corrected chi connectivity index (χ4v) is 3.49. The molecule has 1 aromatic heterocycles. The van der Waals surface area contributed by atoms with Crippen LogP contribution in [0.2, 0.25) is 0 Å². The molecule has 3 rings (SSSR count). The molecule has 2 atom stereocenters. The summed E-state index contributed by atoms with van der Waals surface area (Å²) < 4.78 is 5.57. The summed E-state index contributed by atoms with van der Waals surface area (Å²) in [6, 6.07) is 9.34. The number of rotatable bonds is 6. The van der Waals surface area contributed by atoms with Crippen LogP contribution in [-0.2, 0) is 9.59 Å². The van der Waals surface area contributed by atoms with Gasteiger partial charge in [-0.2, -0.15) is 0 Å². The Morgan fingerprint density at radius 3 is 2.96 bits per heavy atom. The highest BCUT2D eigenvalue weighted by atomic mass is 16.5. The third kappa shape index (κ3) is 4.13. The van der Waals surface area contributed by atoms with E-state index in [-0.39, 0.29) is 30.0 Å². The first kappa shape index (κ1) is 17.3. The number of hydrogen-bond donors (Lipinski definition) is 0. The molecule has 0 N–H and O–H groups in total. The molecule has 0 bridgehead atoms. The molecule has 1 saturated carbocycles. The highest BCUT2D eigenvalue weighted by molar-refractivity contribution is 5.88. The Hall–Kier alpha value is -2.49. The summed E-state index contributed by atoms with van der Waals surface area (Å²) in [7, 11) is 0. The molecule has 2 aromatic rings. The van der Waals surface area contributed by atoms with Gasteiger partial charge in [-0.15, -0.1) is 0 Å². The number of esters is 1. The van der Waals surface area contributed by atoms with Crippen LogP contribution in [-0.4, -0.2) is 16.7 Å². The van der Waals surface area contributed by atoms with Crippen molar-refractivity contribution in [1.29, 1.82) is 0 Å². The zero-order valence-corrected chi connectivity index (χ0v) is 14.5. The first-order valence-corrected chi connectivity index (χ1v) is 8.91. The maximum atomic E-state index is 12.4. The standard InChI is InChI=1S/C21H23NO3/c1-2-3-4-9-17-16(11-12-18(17)23)14-20(24)25-19-10-5-7-15-8-6-13-22-21(15)19/h3-8,10,13,16-17H,2,9,11-12,14H2,1H3. The molecule has 1 heterocycles. The topological polar surface area (TPSA) is 56.3 Å². The van der Waals surface area contributed by atoms with Gasteiger partial charge in [0.1, 0.15) is 11.3 Å². The molecule has 0 amide bonds. The van der Waals surface area contributed by atoms with Crippen molar-refractivity contribution >= 4 is 22.7 Å². The smallest absolute Gasteiger partial charge is 0.311 e. The summed E-state index contributed by atoms with van der Waals surface area (Å²) in [6.45, 7) is 2.07. The Kier molecular flexibility index (Phi) is 5.59. The van der Waals surface area contributed by atoms with Crippen molar-refractivity contribution in [3.63, 3.8) is 0 Å². The second kappa shape index (κ2) is 8.06. The molecular formula is C21H23NO3. The van der Waals surface area contributed by atoms with Crippen LogP contribution in [0.25, 0.3) is 10.9 Å². The lowest BCUT2D eigenvalue weighted by Gasteiger charge is -2.16. The van der Waals surface area contributed by atoms with E-state index in [0.29, 0.717) is 17.7 Å². The fourth-order valence-electron chi connectivity index (χ4n) is 3.49. The minimum Gasteiger partial charge on any atom is -0.424 e. The number of para-hydroxylation sites is 1. The largest absolute Gasteiger partial charge is 0.424 e. The summed E-state index contributed by atoms with van der Waals surface area (Å²) in [5.41, 5.74) is 0.684. The molecule has 1 aromatic carbocycles. The van der Waals surface area contributed by atoms with Gasteiger partial charge in [0.15, 0.2) is 5.75 Å². The molecule has 1 aliphatic rings. The van der Waals surface area contributed by atoms with Crippen LogP contribution >= 0.6 is 0 Å². The molecule has 130 valence electrons. The number of fused-ring (bicyclic) bond motifs is 1. The van der Waals surface area contributed by atoms with Gasteiger partial charge in [0.2, 0.25) is 0 Å². The predicted octanol–water partition coefficient (Wildman–Crippen LogP) is 4.48. The Labute approximate surface area is 147 Å². The van der Waals surface area contributed by atoms with Crippen LogP contribution < -0.4 is 4.74 Å². The number of nitrogens with zero attached hydrogens (tertiary/aromatic N) is 1. The molecule has 0 radical (unpaired) electrons. The van der Waals surface area contributed by atoms with E-state index in [1.807, 2.05) is 24.3 Å². The molecule has 0 spiro atoms. The molecule has 4 nitrogen and oxygen atoms in total. The van der Waals surface area contributed by atoms with Gasteiger partial charge in [0, 0.05) is 30.3 Å². The van der Waals surface area contributed by atoms with Crippen molar-refractivity contribution in [3.8, 4) is 5.75 Å². The normalized spacial score (nSPS) is 20.4. The van der Waals surface area contributed by atoms with Crippen LogP contribution in [0.3, 0.4) is 0 Å². The van der Waals surface area contributed by atoms with Gasteiger partial charge in [-0.05, 0) is 37.3 Å². The number of carbonyl (C=O) groups excluding carboxylic acids is 2. The minimum atomic E-state index is -0.290. The number of benzene rings is 1. The zero-order valence-electron chi connectivity index (χ0n) is 14.5. The molecule has 25 heavy (non-hydrogen) atoms. The van der Waals surface area contributed by atoms with Crippen molar-refractivity contribution in [2.24, 2.45) is 11.8 Å². The number of ether oxygens (including phenoxy) is 1. The first-order valence-electron chi connectivity index (χ1n) is 8.91. The fraction of sp³-hybridized carbons (Fsp3) is 0.381. The average Bonchev–Trinajstić information content (AvgIpc) is 2.95. The third-order valence-corrected chi connectivity index (χ3v) is 4.78. The van der Waals surface area contributed by atoms with Crippen LogP contribution in [0, 0.1) is 11.8 Å². The summed E-state index contributed by atoms with van der Waals surface area (Å²) in [6.07, 6.45) is 9.11. The lowest BCUT2D eigenvalue weighted by molar-refractivity contribution is -0.135. The minimum absolute atomic E-state index is 0.0546. The van der Waals surface area contributed by atoms with E-state index in [1.165, 1.54) is 0 Å². The Morgan fingerprint density at radius 1 is 1.28 bits per heavy atom. The zero-order chi connectivity index (χ0) is 17.6. The van der Waals surface area contributed by atoms with Crippen LogP contribution in [0.1, 0.15) is 39.0 Å². The van der Waals surface area contributed by atoms with Crippen LogP contribution in [0.5, 0.6) is 5.75 Å². The third-order valence-electron chi connectivity index (χ3n) is 4.78. The number of ketones is 1. The Morgan fingerprint density at radius 2 is 2.12 bits per heavy atom. The van der Waals surface area contributed by atoms with Gasteiger partial charge in [-0.1, -0.05) is 37.3 Å². The second-order valence-corrected chi connectivity index (χ2v) is 6.50. The monoisotopic (exact) mass is 337 g/mol.